The van der Waals surface area contributed by atoms with Crippen LogP contribution < -0.4 is 16.0 Å². The third-order valence-electron chi connectivity index (χ3n) is 3.85. The van der Waals surface area contributed by atoms with Crippen molar-refractivity contribution in [1.82, 2.24) is 0 Å². The molecule has 6 heteroatoms. The minimum Gasteiger partial charge on any atom is -0.374 e. The van der Waals surface area contributed by atoms with Crippen molar-refractivity contribution in [2.24, 2.45) is 5.92 Å². The quantitative estimate of drug-likeness (QED) is 0.694. The molecule has 1 atom stereocenters. The highest BCUT2D eigenvalue weighted by molar-refractivity contribution is 5.96. The van der Waals surface area contributed by atoms with E-state index in [1.165, 1.54) is 24.3 Å². The van der Waals surface area contributed by atoms with E-state index in [2.05, 4.69) is 16.0 Å². The largest absolute Gasteiger partial charge is 0.374 e. The van der Waals surface area contributed by atoms with Gasteiger partial charge in [0.25, 0.3) is 0 Å². The van der Waals surface area contributed by atoms with Gasteiger partial charge in [0.05, 0.1) is 0 Å². The second kappa shape index (κ2) is 8.99. The van der Waals surface area contributed by atoms with Crippen LogP contribution in [0, 0.1) is 11.7 Å². The molecule has 0 saturated heterocycles. The SMILES string of the molecule is CC[C@H](Nc1ccc(NC(=O)C(C)C)cc1)C(=O)Nc1ccc(F)cc1. The van der Waals surface area contributed by atoms with Crippen LogP contribution in [0.4, 0.5) is 21.5 Å². The summed E-state index contributed by atoms with van der Waals surface area (Å²) in [5.74, 6) is -0.683. The van der Waals surface area contributed by atoms with Gasteiger partial charge in [-0.25, -0.2) is 4.39 Å². The van der Waals surface area contributed by atoms with Crippen molar-refractivity contribution < 1.29 is 14.0 Å². The van der Waals surface area contributed by atoms with E-state index in [1.54, 1.807) is 12.1 Å². The molecule has 26 heavy (non-hydrogen) atoms. The van der Waals surface area contributed by atoms with Crippen LogP contribution in [-0.2, 0) is 9.59 Å². The number of hydrogen-bond acceptors (Lipinski definition) is 3. The standard InChI is InChI=1S/C20H24FN3O2/c1-4-18(20(26)24-16-7-5-14(21)6-8-16)22-15-9-11-17(12-10-15)23-19(25)13(2)3/h5-13,18,22H,4H2,1-3H3,(H,23,25)(H,24,26)/t18-/m0/s1. The molecule has 0 heterocycles. The highest BCUT2D eigenvalue weighted by atomic mass is 19.1. The number of benzene rings is 2. The van der Waals surface area contributed by atoms with Crippen molar-refractivity contribution in [1.29, 1.82) is 0 Å². The van der Waals surface area contributed by atoms with Gasteiger partial charge in [-0.1, -0.05) is 20.8 Å². The summed E-state index contributed by atoms with van der Waals surface area (Å²) in [7, 11) is 0. The normalized spacial score (nSPS) is 11.7. The molecule has 0 fully saturated rings. The first-order chi connectivity index (χ1) is 12.4. The molecule has 0 aliphatic heterocycles. The van der Waals surface area contributed by atoms with Crippen LogP contribution >= 0.6 is 0 Å². The molecule has 0 spiro atoms. The number of nitrogens with one attached hydrogen (secondary N) is 3. The van der Waals surface area contributed by atoms with Crippen LogP contribution in [0.15, 0.2) is 48.5 Å². The average Bonchev–Trinajstić information content (AvgIpc) is 2.62. The van der Waals surface area contributed by atoms with Gasteiger partial charge >= 0.3 is 0 Å². The molecule has 3 N–H and O–H groups in total. The molecule has 2 aromatic carbocycles. The van der Waals surface area contributed by atoms with Gasteiger partial charge in [0.15, 0.2) is 0 Å². The predicted octanol–water partition coefficient (Wildman–Crippen LogP) is 4.25. The number of anilines is 3. The smallest absolute Gasteiger partial charge is 0.246 e. The monoisotopic (exact) mass is 357 g/mol. The summed E-state index contributed by atoms with van der Waals surface area (Å²) in [6.45, 7) is 5.56. The van der Waals surface area contributed by atoms with E-state index in [4.69, 9.17) is 0 Å². The van der Waals surface area contributed by atoms with Crippen LogP contribution in [0.25, 0.3) is 0 Å². The average molecular weight is 357 g/mol. The van der Waals surface area contributed by atoms with E-state index < -0.39 is 6.04 Å². The zero-order chi connectivity index (χ0) is 19.1. The van der Waals surface area contributed by atoms with Crippen LogP contribution in [0.1, 0.15) is 27.2 Å². The Kier molecular flexibility index (Phi) is 6.72. The molecule has 5 nitrogen and oxygen atoms in total. The van der Waals surface area contributed by atoms with E-state index in [1.807, 2.05) is 32.9 Å². The summed E-state index contributed by atoms with van der Waals surface area (Å²) in [5.41, 5.74) is 2.02. The van der Waals surface area contributed by atoms with Crippen LogP contribution in [0.3, 0.4) is 0 Å². The molecule has 2 rings (SSSR count). The zero-order valence-electron chi connectivity index (χ0n) is 15.2. The lowest BCUT2D eigenvalue weighted by molar-refractivity contribution is -0.119. The third kappa shape index (κ3) is 5.58. The van der Waals surface area contributed by atoms with Crippen molar-refractivity contribution in [3.8, 4) is 0 Å². The maximum atomic E-state index is 12.9. The van der Waals surface area contributed by atoms with E-state index in [-0.39, 0.29) is 23.5 Å². The van der Waals surface area contributed by atoms with E-state index in [0.717, 1.165) is 5.69 Å². The first kappa shape index (κ1) is 19.4. The van der Waals surface area contributed by atoms with Crippen LogP contribution in [0.5, 0.6) is 0 Å². The highest BCUT2D eigenvalue weighted by Crippen LogP contribution is 2.17. The number of carbonyl (C=O) groups is 2. The maximum absolute atomic E-state index is 12.9. The Morgan fingerprint density at radius 2 is 1.31 bits per heavy atom. The summed E-state index contributed by atoms with van der Waals surface area (Å²) in [5, 5.41) is 8.75. The topological polar surface area (TPSA) is 70.2 Å². The lowest BCUT2D eigenvalue weighted by Crippen LogP contribution is -2.34. The molecule has 0 saturated carbocycles. The van der Waals surface area contributed by atoms with Gasteiger partial charge in [0.2, 0.25) is 11.8 Å². The minimum atomic E-state index is -0.434. The number of halogens is 1. The van der Waals surface area contributed by atoms with E-state index in [9.17, 15) is 14.0 Å². The molecule has 0 bridgehead atoms. The molecule has 0 radical (unpaired) electrons. The van der Waals surface area contributed by atoms with E-state index in [0.29, 0.717) is 17.8 Å². The van der Waals surface area contributed by atoms with Gasteiger partial charge in [-0.05, 0) is 55.0 Å². The third-order valence-corrected chi connectivity index (χ3v) is 3.85. The fourth-order valence-corrected chi connectivity index (χ4v) is 2.25. The number of rotatable bonds is 7. The molecule has 2 amide bonds. The molecule has 0 aromatic heterocycles. The fourth-order valence-electron chi connectivity index (χ4n) is 2.25. The number of amides is 2. The Morgan fingerprint density at radius 3 is 1.81 bits per heavy atom. The Morgan fingerprint density at radius 1 is 0.846 bits per heavy atom. The first-order valence-electron chi connectivity index (χ1n) is 8.63. The minimum absolute atomic E-state index is 0.0455. The van der Waals surface area contributed by atoms with Crippen molar-refractivity contribution in [3.63, 3.8) is 0 Å². The van der Waals surface area contributed by atoms with Gasteiger partial charge in [0.1, 0.15) is 11.9 Å². The van der Waals surface area contributed by atoms with Crippen LogP contribution in [-0.4, -0.2) is 17.9 Å². The molecule has 0 aliphatic rings. The second-order valence-corrected chi connectivity index (χ2v) is 6.32. The Bertz CT molecular complexity index is 743. The molecule has 0 unspecified atom stereocenters. The molecule has 0 aliphatic carbocycles. The zero-order valence-corrected chi connectivity index (χ0v) is 15.2. The van der Waals surface area contributed by atoms with Gasteiger partial charge < -0.3 is 16.0 Å². The van der Waals surface area contributed by atoms with Crippen molar-refractivity contribution in [3.05, 3.63) is 54.3 Å². The Balaban J connectivity index is 1.97. The summed E-state index contributed by atoms with van der Waals surface area (Å²) in [6, 6.07) is 12.4. The summed E-state index contributed by atoms with van der Waals surface area (Å²) in [4.78, 5) is 24.1. The van der Waals surface area contributed by atoms with Gasteiger partial charge in [-0.2, -0.15) is 0 Å². The lowest BCUT2D eigenvalue weighted by Gasteiger charge is -2.18. The van der Waals surface area contributed by atoms with Gasteiger partial charge in [-0.15, -0.1) is 0 Å². The predicted molar refractivity (Wildman–Crippen MR) is 103 cm³/mol. The maximum Gasteiger partial charge on any atom is 0.246 e. The summed E-state index contributed by atoms with van der Waals surface area (Å²) in [6.07, 6.45) is 0.582. The molecule has 2 aromatic rings. The molecular formula is C20H24FN3O2. The Hall–Kier alpha value is -2.89. The first-order valence-corrected chi connectivity index (χ1v) is 8.63. The van der Waals surface area contributed by atoms with Gasteiger partial charge in [-0.3, -0.25) is 9.59 Å². The number of hydrogen-bond donors (Lipinski definition) is 3. The summed E-state index contributed by atoms with van der Waals surface area (Å²) < 4.78 is 12.9. The highest BCUT2D eigenvalue weighted by Gasteiger charge is 2.16. The second-order valence-electron chi connectivity index (χ2n) is 6.32. The van der Waals surface area contributed by atoms with E-state index >= 15 is 0 Å². The fraction of sp³-hybridized carbons (Fsp3) is 0.300. The molecule has 138 valence electrons. The number of carbonyl (C=O) groups excluding carboxylic acids is 2. The molecular weight excluding hydrogens is 333 g/mol. The van der Waals surface area contributed by atoms with Crippen molar-refractivity contribution in [2.75, 3.05) is 16.0 Å². The van der Waals surface area contributed by atoms with Crippen LogP contribution in [0.2, 0.25) is 0 Å². The van der Waals surface area contributed by atoms with Crippen molar-refractivity contribution >= 4 is 28.9 Å². The summed E-state index contributed by atoms with van der Waals surface area (Å²) >= 11 is 0. The Labute approximate surface area is 153 Å². The van der Waals surface area contributed by atoms with Gasteiger partial charge in [0, 0.05) is 23.0 Å². The van der Waals surface area contributed by atoms with Crippen molar-refractivity contribution in [2.45, 2.75) is 33.2 Å². The lowest BCUT2D eigenvalue weighted by atomic mass is 10.1.